The second-order valence-corrected chi connectivity index (χ2v) is 5.95. The van der Waals surface area contributed by atoms with Crippen molar-refractivity contribution in [3.8, 4) is 0 Å². The van der Waals surface area contributed by atoms with Gasteiger partial charge < -0.3 is 10.4 Å². The summed E-state index contributed by atoms with van der Waals surface area (Å²) in [4.78, 5) is 27.2. The topological polar surface area (TPSA) is 79.3 Å². The highest BCUT2D eigenvalue weighted by Gasteiger charge is 2.17. The van der Waals surface area contributed by atoms with Crippen molar-refractivity contribution >= 4 is 63.4 Å². The zero-order chi connectivity index (χ0) is 15.6. The molecule has 8 heteroatoms. The van der Waals surface area contributed by atoms with Crippen LogP contribution in [0.5, 0.6) is 0 Å². The molecule has 108 valence electrons. The van der Waals surface area contributed by atoms with Crippen LogP contribution in [0.1, 0.15) is 20.8 Å². The van der Waals surface area contributed by atoms with Gasteiger partial charge in [-0.15, -0.1) is 0 Å². The van der Waals surface area contributed by atoms with Gasteiger partial charge in [0.2, 0.25) is 0 Å². The molecule has 21 heavy (non-hydrogen) atoms. The number of carbonyl (C=O) groups excluding carboxylic acids is 1. The maximum Gasteiger partial charge on any atom is 0.337 e. The lowest BCUT2D eigenvalue weighted by Crippen LogP contribution is -2.17. The van der Waals surface area contributed by atoms with Gasteiger partial charge in [-0.25, -0.2) is 9.78 Å². The maximum absolute atomic E-state index is 12.1. The average Bonchev–Trinajstić information content (AvgIpc) is 2.43. The lowest BCUT2D eigenvalue weighted by atomic mass is 10.1. The second-order valence-electron chi connectivity index (χ2n) is 3.91. The number of nitrogens with one attached hydrogen (secondary N) is 1. The minimum absolute atomic E-state index is 0.0200. The van der Waals surface area contributed by atoms with Crippen molar-refractivity contribution in [2.24, 2.45) is 0 Å². The zero-order valence-electron chi connectivity index (χ0n) is 10.2. The molecule has 2 N–H and O–H groups in total. The third-order valence-corrected chi connectivity index (χ3v) is 3.67. The van der Waals surface area contributed by atoms with E-state index in [4.69, 9.17) is 28.3 Å². The van der Waals surface area contributed by atoms with Gasteiger partial charge in [-0.3, -0.25) is 4.79 Å². The highest BCUT2D eigenvalue weighted by atomic mass is 127. The monoisotopic (exact) mass is 436 g/mol. The molecule has 0 spiro atoms. The minimum atomic E-state index is -1.14. The molecule has 2 aromatic rings. The Labute approximate surface area is 143 Å². The predicted octanol–water partition coefficient (Wildman–Crippen LogP) is 3.94. The van der Waals surface area contributed by atoms with Crippen LogP contribution >= 0.6 is 45.8 Å². The van der Waals surface area contributed by atoms with Gasteiger partial charge in [-0.1, -0.05) is 23.2 Å². The number of carbonyl (C=O) groups is 2. The summed E-state index contributed by atoms with van der Waals surface area (Å²) in [5.41, 5.74) is 0.0678. The summed E-state index contributed by atoms with van der Waals surface area (Å²) in [5.74, 6) is -1.78. The number of pyridine rings is 1. The molecular formula is C13H7Cl2IN2O3. The number of carboxylic acid groups (broad SMARTS) is 1. The van der Waals surface area contributed by atoms with Gasteiger partial charge >= 0.3 is 5.97 Å². The molecule has 0 bridgehead atoms. The van der Waals surface area contributed by atoms with Gasteiger partial charge in [0, 0.05) is 3.57 Å². The van der Waals surface area contributed by atoms with Crippen LogP contribution in [0.15, 0.2) is 30.3 Å². The first-order valence-electron chi connectivity index (χ1n) is 5.54. The number of carboxylic acids is 1. The van der Waals surface area contributed by atoms with E-state index < -0.39 is 11.9 Å². The van der Waals surface area contributed by atoms with Crippen LogP contribution in [0.4, 0.5) is 5.69 Å². The number of amides is 1. The second kappa shape index (κ2) is 6.59. The molecule has 0 saturated heterocycles. The van der Waals surface area contributed by atoms with E-state index in [1.165, 1.54) is 24.3 Å². The van der Waals surface area contributed by atoms with Gasteiger partial charge in [-0.2, -0.15) is 0 Å². The molecule has 0 radical (unpaired) electrons. The van der Waals surface area contributed by atoms with Crippen molar-refractivity contribution < 1.29 is 14.7 Å². The van der Waals surface area contributed by atoms with Gasteiger partial charge in [0.1, 0.15) is 10.8 Å². The molecule has 1 heterocycles. The number of halogens is 3. The zero-order valence-corrected chi connectivity index (χ0v) is 13.9. The number of nitrogens with zero attached hydrogens (tertiary/aromatic N) is 1. The summed E-state index contributed by atoms with van der Waals surface area (Å²) in [6, 6.07) is 7.52. The fourth-order valence-corrected chi connectivity index (χ4v) is 2.39. The molecule has 0 saturated carbocycles. The van der Waals surface area contributed by atoms with Crippen LogP contribution in [0.3, 0.4) is 0 Å². The molecule has 0 aliphatic heterocycles. The average molecular weight is 437 g/mol. The standard InChI is InChI=1S/C13H7Cl2IN2O3/c14-8-2-4-10(15)18-11(8)12(19)17-9-3-1-6(16)5-7(9)13(20)21/h1-5H,(H,17,19)(H,20,21). The van der Waals surface area contributed by atoms with Gasteiger partial charge in [0.05, 0.1) is 16.3 Å². The molecule has 0 aliphatic rings. The highest BCUT2D eigenvalue weighted by molar-refractivity contribution is 14.1. The van der Waals surface area contributed by atoms with Crippen LogP contribution in [0, 0.1) is 3.57 Å². The Kier molecular flexibility index (Phi) is 5.02. The molecule has 2 rings (SSSR count). The van der Waals surface area contributed by atoms with Crippen molar-refractivity contribution in [1.29, 1.82) is 0 Å². The molecular weight excluding hydrogens is 430 g/mol. The van der Waals surface area contributed by atoms with Crippen LogP contribution in [0.2, 0.25) is 10.2 Å². The number of rotatable bonds is 3. The number of hydrogen-bond donors (Lipinski definition) is 2. The molecule has 0 atom stereocenters. The van der Waals surface area contributed by atoms with Crippen molar-refractivity contribution in [2.75, 3.05) is 5.32 Å². The first-order chi connectivity index (χ1) is 9.88. The van der Waals surface area contributed by atoms with Crippen molar-refractivity contribution in [3.63, 3.8) is 0 Å². The largest absolute Gasteiger partial charge is 0.478 e. The quantitative estimate of drug-likeness (QED) is 0.564. The summed E-state index contributed by atoms with van der Waals surface area (Å²) in [7, 11) is 0. The molecule has 0 aliphatic carbocycles. The molecule has 0 unspecified atom stereocenters. The highest BCUT2D eigenvalue weighted by Crippen LogP contribution is 2.22. The van der Waals surface area contributed by atoms with E-state index in [0.29, 0.717) is 0 Å². The van der Waals surface area contributed by atoms with Gasteiger partial charge in [0.25, 0.3) is 5.91 Å². The van der Waals surface area contributed by atoms with Crippen LogP contribution in [-0.2, 0) is 0 Å². The smallest absolute Gasteiger partial charge is 0.337 e. The Bertz CT molecular complexity index is 737. The third kappa shape index (κ3) is 3.84. The fourth-order valence-electron chi connectivity index (χ4n) is 1.56. The van der Waals surface area contributed by atoms with Crippen molar-refractivity contribution in [3.05, 3.63) is 55.3 Å². The Hall–Kier alpha value is -1.38. The van der Waals surface area contributed by atoms with E-state index in [1.54, 1.807) is 6.07 Å². The lowest BCUT2D eigenvalue weighted by Gasteiger charge is -2.09. The SMILES string of the molecule is O=C(O)c1cc(I)ccc1NC(=O)c1nc(Cl)ccc1Cl. The molecule has 1 aromatic heterocycles. The summed E-state index contributed by atoms with van der Waals surface area (Å²) in [6.45, 7) is 0. The Morgan fingerprint density at radius 1 is 1.19 bits per heavy atom. The summed E-state index contributed by atoms with van der Waals surface area (Å²) < 4.78 is 0.738. The summed E-state index contributed by atoms with van der Waals surface area (Å²) >= 11 is 13.6. The first-order valence-corrected chi connectivity index (χ1v) is 7.38. The van der Waals surface area contributed by atoms with Crippen molar-refractivity contribution in [1.82, 2.24) is 4.98 Å². The Balaban J connectivity index is 2.36. The van der Waals surface area contributed by atoms with E-state index in [2.05, 4.69) is 10.3 Å². The summed E-state index contributed by atoms with van der Waals surface area (Å²) in [5, 5.41) is 11.9. The number of aromatic nitrogens is 1. The van der Waals surface area contributed by atoms with E-state index in [0.717, 1.165) is 3.57 Å². The lowest BCUT2D eigenvalue weighted by molar-refractivity contribution is 0.0698. The normalized spacial score (nSPS) is 10.2. The number of anilines is 1. The van der Waals surface area contributed by atoms with Crippen LogP contribution in [-0.4, -0.2) is 22.0 Å². The van der Waals surface area contributed by atoms with Gasteiger partial charge in [-0.05, 0) is 52.9 Å². The van der Waals surface area contributed by atoms with E-state index in [1.807, 2.05) is 22.6 Å². The van der Waals surface area contributed by atoms with Gasteiger partial charge in [0.15, 0.2) is 0 Å². The minimum Gasteiger partial charge on any atom is -0.478 e. The predicted molar refractivity (Wildman–Crippen MR) is 88.3 cm³/mol. The Morgan fingerprint density at radius 2 is 1.90 bits per heavy atom. The van der Waals surface area contributed by atoms with Crippen molar-refractivity contribution in [2.45, 2.75) is 0 Å². The molecule has 1 amide bonds. The summed E-state index contributed by atoms with van der Waals surface area (Å²) in [6.07, 6.45) is 0. The molecule has 5 nitrogen and oxygen atoms in total. The maximum atomic E-state index is 12.1. The number of benzene rings is 1. The van der Waals surface area contributed by atoms with Crippen LogP contribution < -0.4 is 5.32 Å². The first kappa shape index (κ1) is 16.0. The molecule has 0 fully saturated rings. The number of hydrogen-bond acceptors (Lipinski definition) is 3. The fraction of sp³-hybridized carbons (Fsp3) is 0. The third-order valence-electron chi connectivity index (χ3n) is 2.49. The van der Waals surface area contributed by atoms with E-state index in [9.17, 15) is 9.59 Å². The number of aromatic carboxylic acids is 1. The van der Waals surface area contributed by atoms with Crippen LogP contribution in [0.25, 0.3) is 0 Å². The Morgan fingerprint density at radius 3 is 2.57 bits per heavy atom. The van der Waals surface area contributed by atoms with E-state index in [-0.39, 0.29) is 27.1 Å². The van der Waals surface area contributed by atoms with E-state index >= 15 is 0 Å². The molecule has 1 aromatic carbocycles.